The summed E-state index contributed by atoms with van der Waals surface area (Å²) in [6.45, 7) is 5.90. The summed E-state index contributed by atoms with van der Waals surface area (Å²) in [5, 5.41) is 9.86. The van der Waals surface area contributed by atoms with E-state index in [4.69, 9.17) is 4.74 Å². The molecule has 2 N–H and O–H groups in total. The van der Waals surface area contributed by atoms with Crippen LogP contribution in [0.3, 0.4) is 0 Å². The highest BCUT2D eigenvalue weighted by Crippen LogP contribution is 2.19. The third-order valence-electron chi connectivity index (χ3n) is 4.91. The van der Waals surface area contributed by atoms with Crippen molar-refractivity contribution in [3.8, 4) is 5.69 Å². The summed E-state index contributed by atoms with van der Waals surface area (Å²) < 4.78 is 6.66. The molecule has 8 nitrogen and oxygen atoms in total. The fourth-order valence-electron chi connectivity index (χ4n) is 3.23. The van der Waals surface area contributed by atoms with E-state index in [0.29, 0.717) is 28.2 Å². The molecule has 8 heteroatoms. The second-order valence-electron chi connectivity index (χ2n) is 7.20. The zero-order chi connectivity index (χ0) is 23.1. The Labute approximate surface area is 186 Å². The Morgan fingerprint density at radius 1 is 1.03 bits per heavy atom. The Morgan fingerprint density at radius 3 is 2.56 bits per heavy atom. The average Bonchev–Trinajstić information content (AvgIpc) is 3.15. The lowest BCUT2D eigenvalue weighted by molar-refractivity contribution is -0.116. The predicted molar refractivity (Wildman–Crippen MR) is 121 cm³/mol. The highest BCUT2D eigenvalue weighted by molar-refractivity contribution is 5.96. The number of ether oxygens (including phenoxy) is 1. The zero-order valence-corrected chi connectivity index (χ0v) is 18.3. The van der Waals surface area contributed by atoms with E-state index < -0.39 is 5.97 Å². The smallest absolute Gasteiger partial charge is 0.341 e. The molecule has 0 saturated heterocycles. The number of amides is 2. The van der Waals surface area contributed by atoms with Crippen molar-refractivity contribution in [3.63, 3.8) is 0 Å². The molecule has 0 aliphatic rings. The third kappa shape index (κ3) is 5.40. The number of hydrogen-bond donors (Lipinski definition) is 2. The van der Waals surface area contributed by atoms with Crippen LogP contribution in [0.15, 0.2) is 54.7 Å². The van der Waals surface area contributed by atoms with Crippen LogP contribution >= 0.6 is 0 Å². The summed E-state index contributed by atoms with van der Waals surface area (Å²) >= 11 is 0. The Hall–Kier alpha value is -3.94. The van der Waals surface area contributed by atoms with Gasteiger partial charge in [0.15, 0.2) is 0 Å². The zero-order valence-electron chi connectivity index (χ0n) is 18.3. The summed E-state index contributed by atoms with van der Waals surface area (Å²) in [6.07, 6.45) is 1.60. The van der Waals surface area contributed by atoms with E-state index >= 15 is 0 Å². The molecule has 0 unspecified atom stereocenters. The average molecular weight is 434 g/mol. The van der Waals surface area contributed by atoms with Gasteiger partial charge >= 0.3 is 5.97 Å². The second-order valence-corrected chi connectivity index (χ2v) is 7.20. The van der Waals surface area contributed by atoms with E-state index in [0.717, 1.165) is 5.56 Å². The van der Waals surface area contributed by atoms with Crippen molar-refractivity contribution < 1.29 is 19.1 Å². The molecule has 1 aromatic heterocycles. The number of rotatable bonds is 8. The van der Waals surface area contributed by atoms with Crippen LogP contribution < -0.4 is 10.6 Å². The molecule has 2 amide bonds. The summed E-state index contributed by atoms with van der Waals surface area (Å²) in [6, 6.07) is 14.4. The van der Waals surface area contributed by atoms with Gasteiger partial charge in [0.1, 0.15) is 5.56 Å². The normalized spacial score (nSPS) is 10.5. The van der Waals surface area contributed by atoms with Crippen LogP contribution in [0, 0.1) is 13.8 Å². The first-order valence-electron chi connectivity index (χ1n) is 10.4. The first kappa shape index (κ1) is 22.7. The molecule has 0 spiro atoms. The van der Waals surface area contributed by atoms with Gasteiger partial charge in [-0.05, 0) is 50.6 Å². The number of esters is 1. The van der Waals surface area contributed by atoms with Crippen molar-refractivity contribution >= 4 is 23.5 Å². The number of nitrogens with zero attached hydrogens (tertiary/aromatic N) is 2. The van der Waals surface area contributed by atoms with Gasteiger partial charge < -0.3 is 15.4 Å². The Kier molecular flexibility index (Phi) is 7.38. The van der Waals surface area contributed by atoms with Gasteiger partial charge in [0.05, 0.1) is 24.2 Å². The number of aryl methyl sites for hydroxylation is 1. The lowest BCUT2D eigenvalue weighted by Crippen LogP contribution is -2.28. The number of nitrogens with one attached hydrogen (secondary N) is 2. The first-order chi connectivity index (χ1) is 15.4. The van der Waals surface area contributed by atoms with Crippen LogP contribution in [0.1, 0.15) is 45.3 Å². The largest absolute Gasteiger partial charge is 0.462 e. The van der Waals surface area contributed by atoms with Crippen molar-refractivity contribution in [3.05, 3.63) is 77.1 Å². The maximum Gasteiger partial charge on any atom is 0.341 e. The SMILES string of the molecule is CCOC(=O)c1cnn(-c2cccc(NC(=O)CCNC(=O)c3ccccc3C)c2)c1C. The summed E-state index contributed by atoms with van der Waals surface area (Å²) in [4.78, 5) is 36.6. The quantitative estimate of drug-likeness (QED) is 0.529. The maximum atomic E-state index is 12.3. The molecule has 0 bridgehead atoms. The number of aromatic nitrogens is 2. The minimum Gasteiger partial charge on any atom is -0.462 e. The molecule has 0 aliphatic heterocycles. The highest BCUT2D eigenvalue weighted by atomic mass is 16.5. The van der Waals surface area contributed by atoms with Crippen LogP contribution in [-0.2, 0) is 9.53 Å². The molecule has 166 valence electrons. The monoisotopic (exact) mass is 434 g/mol. The lowest BCUT2D eigenvalue weighted by atomic mass is 10.1. The number of hydrogen-bond acceptors (Lipinski definition) is 5. The van der Waals surface area contributed by atoms with Crippen LogP contribution in [0.5, 0.6) is 0 Å². The molecule has 0 atom stereocenters. The van der Waals surface area contributed by atoms with Crippen molar-refractivity contribution in [2.75, 3.05) is 18.5 Å². The van der Waals surface area contributed by atoms with Crippen molar-refractivity contribution in [1.29, 1.82) is 0 Å². The minimum atomic E-state index is -0.423. The Bertz CT molecular complexity index is 1140. The Balaban J connectivity index is 1.59. The summed E-state index contributed by atoms with van der Waals surface area (Å²) in [5.74, 6) is -0.852. The van der Waals surface area contributed by atoms with Crippen LogP contribution in [0.25, 0.3) is 5.69 Å². The second kappa shape index (κ2) is 10.4. The van der Waals surface area contributed by atoms with Crippen molar-refractivity contribution in [2.45, 2.75) is 27.2 Å². The van der Waals surface area contributed by atoms with E-state index in [-0.39, 0.29) is 31.4 Å². The number of carbonyl (C=O) groups is 3. The molecule has 3 aromatic rings. The van der Waals surface area contributed by atoms with E-state index in [1.165, 1.54) is 6.20 Å². The molecule has 32 heavy (non-hydrogen) atoms. The minimum absolute atomic E-state index is 0.135. The molecule has 1 heterocycles. The van der Waals surface area contributed by atoms with E-state index in [1.807, 2.05) is 25.1 Å². The fourth-order valence-corrected chi connectivity index (χ4v) is 3.23. The molecule has 2 aromatic carbocycles. The van der Waals surface area contributed by atoms with E-state index in [1.54, 1.807) is 48.9 Å². The molecule has 0 fully saturated rings. The highest BCUT2D eigenvalue weighted by Gasteiger charge is 2.16. The van der Waals surface area contributed by atoms with Gasteiger partial charge in [0.2, 0.25) is 5.91 Å². The predicted octanol–water partition coefficient (Wildman–Crippen LogP) is 3.42. The van der Waals surface area contributed by atoms with Gasteiger partial charge in [-0.2, -0.15) is 5.10 Å². The molecule has 3 rings (SSSR count). The fraction of sp³-hybridized carbons (Fsp3) is 0.250. The topological polar surface area (TPSA) is 102 Å². The van der Waals surface area contributed by atoms with Crippen LogP contribution in [0.2, 0.25) is 0 Å². The third-order valence-corrected chi connectivity index (χ3v) is 4.91. The standard InChI is InChI=1S/C24H26N4O4/c1-4-32-24(31)21-15-26-28(17(21)3)19-10-7-9-18(14-19)27-22(29)12-13-25-23(30)20-11-6-5-8-16(20)2/h5-11,14-15H,4,12-13H2,1-3H3,(H,25,30)(H,27,29). The number of anilines is 1. The summed E-state index contributed by atoms with van der Waals surface area (Å²) in [5.41, 5.74) is 3.80. The maximum absolute atomic E-state index is 12.3. The number of benzene rings is 2. The molecular weight excluding hydrogens is 408 g/mol. The summed E-state index contributed by atoms with van der Waals surface area (Å²) in [7, 11) is 0. The molecule has 0 saturated carbocycles. The Morgan fingerprint density at radius 2 is 1.81 bits per heavy atom. The van der Waals surface area contributed by atoms with E-state index in [2.05, 4.69) is 15.7 Å². The van der Waals surface area contributed by atoms with Gasteiger partial charge in [-0.25, -0.2) is 9.48 Å². The van der Waals surface area contributed by atoms with Crippen LogP contribution in [0.4, 0.5) is 5.69 Å². The van der Waals surface area contributed by atoms with Crippen molar-refractivity contribution in [2.24, 2.45) is 0 Å². The van der Waals surface area contributed by atoms with Crippen molar-refractivity contribution in [1.82, 2.24) is 15.1 Å². The molecule has 0 aliphatic carbocycles. The van der Waals surface area contributed by atoms with Gasteiger partial charge in [-0.1, -0.05) is 24.3 Å². The molecular formula is C24H26N4O4. The van der Waals surface area contributed by atoms with Crippen LogP contribution in [-0.4, -0.2) is 40.7 Å². The van der Waals surface area contributed by atoms with Gasteiger partial charge in [0.25, 0.3) is 5.91 Å². The number of carbonyl (C=O) groups excluding carboxylic acids is 3. The lowest BCUT2D eigenvalue weighted by Gasteiger charge is -2.10. The van der Waals surface area contributed by atoms with E-state index in [9.17, 15) is 14.4 Å². The van der Waals surface area contributed by atoms with Gasteiger partial charge in [-0.3, -0.25) is 9.59 Å². The first-order valence-corrected chi connectivity index (χ1v) is 10.4. The van der Waals surface area contributed by atoms with Gasteiger partial charge in [-0.15, -0.1) is 0 Å². The molecule has 0 radical (unpaired) electrons. The van der Waals surface area contributed by atoms with Gasteiger partial charge in [0, 0.05) is 24.2 Å².